The molecular formula is C18H15NO4S3. The number of benzene rings is 1. The molecule has 134 valence electrons. The minimum atomic E-state index is -3.08. The summed E-state index contributed by atoms with van der Waals surface area (Å²) in [6, 6.07) is 13.0. The zero-order valence-electron chi connectivity index (χ0n) is 13.6. The topological polar surface area (TPSA) is 67.6 Å². The van der Waals surface area contributed by atoms with Gasteiger partial charge in [0.15, 0.2) is 9.84 Å². The molecule has 0 spiro atoms. The van der Waals surface area contributed by atoms with Crippen molar-refractivity contribution in [2.75, 3.05) is 11.5 Å². The number of nitrogens with zero attached hydrogens (tertiary/aromatic N) is 1. The maximum atomic E-state index is 12.7. The van der Waals surface area contributed by atoms with E-state index in [-0.39, 0.29) is 23.5 Å². The lowest BCUT2D eigenvalue weighted by molar-refractivity contribution is -0.123. The maximum Gasteiger partial charge on any atom is 0.266 e. The molecule has 1 aromatic carbocycles. The number of furan rings is 1. The van der Waals surface area contributed by atoms with Gasteiger partial charge < -0.3 is 4.42 Å². The fraction of sp³-hybridized carbons (Fsp3) is 0.222. The van der Waals surface area contributed by atoms with Gasteiger partial charge in [0.2, 0.25) is 0 Å². The van der Waals surface area contributed by atoms with Crippen LogP contribution in [0.5, 0.6) is 0 Å². The molecule has 2 saturated heterocycles. The molecule has 5 nitrogen and oxygen atoms in total. The van der Waals surface area contributed by atoms with E-state index >= 15 is 0 Å². The number of thiocarbonyl (C=S) groups is 1. The summed E-state index contributed by atoms with van der Waals surface area (Å²) in [5.41, 5.74) is 0.955. The Hall–Kier alpha value is -1.90. The summed E-state index contributed by atoms with van der Waals surface area (Å²) in [6.07, 6.45) is 2.09. The Morgan fingerprint density at radius 3 is 2.65 bits per heavy atom. The van der Waals surface area contributed by atoms with Crippen molar-refractivity contribution in [1.82, 2.24) is 4.90 Å². The third-order valence-electron chi connectivity index (χ3n) is 4.36. The lowest BCUT2D eigenvalue weighted by atomic mass is 10.2. The van der Waals surface area contributed by atoms with Crippen molar-refractivity contribution in [2.45, 2.75) is 12.5 Å². The lowest BCUT2D eigenvalue weighted by Crippen LogP contribution is -2.39. The van der Waals surface area contributed by atoms with Crippen LogP contribution in [0.25, 0.3) is 17.4 Å². The first kappa shape index (κ1) is 17.5. The van der Waals surface area contributed by atoms with Gasteiger partial charge in [-0.3, -0.25) is 9.69 Å². The molecule has 0 N–H and O–H groups in total. The number of rotatable bonds is 3. The Morgan fingerprint density at radius 1 is 1.19 bits per heavy atom. The van der Waals surface area contributed by atoms with Crippen molar-refractivity contribution < 1.29 is 17.6 Å². The zero-order chi connectivity index (χ0) is 18.3. The highest BCUT2D eigenvalue weighted by atomic mass is 32.2. The van der Waals surface area contributed by atoms with Gasteiger partial charge in [0, 0.05) is 11.6 Å². The van der Waals surface area contributed by atoms with E-state index < -0.39 is 9.84 Å². The first-order chi connectivity index (χ1) is 12.4. The summed E-state index contributed by atoms with van der Waals surface area (Å²) in [6.45, 7) is 0. The van der Waals surface area contributed by atoms with Crippen LogP contribution < -0.4 is 0 Å². The smallest absolute Gasteiger partial charge is 0.266 e. The Kier molecular flexibility index (Phi) is 4.50. The highest BCUT2D eigenvalue weighted by Crippen LogP contribution is 2.36. The van der Waals surface area contributed by atoms with Crippen molar-refractivity contribution in [3.63, 3.8) is 0 Å². The number of sulfone groups is 1. The molecule has 0 saturated carbocycles. The van der Waals surface area contributed by atoms with Crippen LogP contribution in [0.2, 0.25) is 0 Å². The van der Waals surface area contributed by atoms with Gasteiger partial charge in [-0.25, -0.2) is 8.42 Å². The number of carbonyl (C=O) groups is 1. The molecule has 0 aliphatic carbocycles. The first-order valence-electron chi connectivity index (χ1n) is 8.06. The Morgan fingerprint density at radius 2 is 1.96 bits per heavy atom. The van der Waals surface area contributed by atoms with Gasteiger partial charge in [-0.05, 0) is 18.6 Å². The summed E-state index contributed by atoms with van der Waals surface area (Å²) in [5, 5.41) is 0. The average Bonchev–Trinajstić information content (AvgIpc) is 3.28. The van der Waals surface area contributed by atoms with Crippen LogP contribution in [0.1, 0.15) is 12.2 Å². The molecule has 2 aliphatic rings. The second-order valence-electron chi connectivity index (χ2n) is 6.18. The lowest BCUT2D eigenvalue weighted by Gasteiger charge is -2.20. The Balaban J connectivity index is 1.56. The number of carbonyl (C=O) groups excluding carboxylic acids is 1. The van der Waals surface area contributed by atoms with Crippen molar-refractivity contribution in [3.05, 3.63) is 53.1 Å². The normalized spacial score (nSPS) is 23.9. The molecule has 2 aliphatic heterocycles. The number of amides is 1. The van der Waals surface area contributed by atoms with Crippen LogP contribution >= 0.6 is 24.0 Å². The Labute approximate surface area is 161 Å². The molecule has 2 fully saturated rings. The largest absolute Gasteiger partial charge is 0.457 e. The molecule has 0 radical (unpaired) electrons. The van der Waals surface area contributed by atoms with Gasteiger partial charge in [-0.2, -0.15) is 0 Å². The van der Waals surface area contributed by atoms with E-state index in [1.807, 2.05) is 36.4 Å². The van der Waals surface area contributed by atoms with Crippen LogP contribution in [-0.2, 0) is 14.6 Å². The van der Waals surface area contributed by atoms with Crippen molar-refractivity contribution in [2.24, 2.45) is 0 Å². The molecule has 8 heteroatoms. The summed E-state index contributed by atoms with van der Waals surface area (Å²) in [4.78, 5) is 14.6. The fourth-order valence-electron chi connectivity index (χ4n) is 3.09. The second kappa shape index (κ2) is 6.68. The third kappa shape index (κ3) is 3.36. The molecule has 0 unspecified atom stereocenters. The Bertz CT molecular complexity index is 1010. The summed E-state index contributed by atoms with van der Waals surface area (Å²) >= 11 is 6.49. The minimum absolute atomic E-state index is 0.0222. The van der Waals surface area contributed by atoms with Gasteiger partial charge in [0.05, 0.1) is 22.5 Å². The van der Waals surface area contributed by atoms with E-state index in [0.717, 1.165) is 5.56 Å². The highest BCUT2D eigenvalue weighted by Gasteiger charge is 2.42. The zero-order valence-corrected chi connectivity index (χ0v) is 16.1. The molecule has 1 atom stereocenters. The molecule has 0 bridgehead atoms. The van der Waals surface area contributed by atoms with E-state index in [2.05, 4.69) is 0 Å². The number of thioether (sulfide) groups is 1. The fourth-order valence-corrected chi connectivity index (χ4v) is 6.17. The monoisotopic (exact) mass is 405 g/mol. The predicted molar refractivity (Wildman–Crippen MR) is 106 cm³/mol. The summed E-state index contributed by atoms with van der Waals surface area (Å²) < 4.78 is 29.6. The van der Waals surface area contributed by atoms with Gasteiger partial charge >= 0.3 is 0 Å². The number of hydrogen-bond donors (Lipinski definition) is 0. The quantitative estimate of drug-likeness (QED) is 0.576. The van der Waals surface area contributed by atoms with Gasteiger partial charge in [-0.1, -0.05) is 54.3 Å². The van der Waals surface area contributed by atoms with Crippen molar-refractivity contribution in [1.29, 1.82) is 0 Å². The van der Waals surface area contributed by atoms with E-state index in [1.165, 1.54) is 16.7 Å². The SMILES string of the molecule is O=C1/C(=C\c2ccc(-c3ccccc3)o2)SC(=S)N1[C@@H]1CCS(=O)(=O)C1. The predicted octanol–water partition coefficient (Wildman–Crippen LogP) is 3.33. The number of hydrogen-bond acceptors (Lipinski definition) is 6. The van der Waals surface area contributed by atoms with Gasteiger partial charge in [0.1, 0.15) is 15.8 Å². The van der Waals surface area contributed by atoms with Crippen LogP contribution in [-0.4, -0.2) is 41.1 Å². The molecule has 2 aromatic rings. The summed E-state index contributed by atoms with van der Waals surface area (Å²) in [7, 11) is -3.08. The van der Waals surface area contributed by atoms with Gasteiger partial charge in [-0.15, -0.1) is 0 Å². The molecule has 3 heterocycles. The molecule has 4 rings (SSSR count). The molecule has 1 amide bonds. The van der Waals surface area contributed by atoms with E-state index in [0.29, 0.717) is 27.2 Å². The van der Waals surface area contributed by atoms with E-state index in [4.69, 9.17) is 16.6 Å². The second-order valence-corrected chi connectivity index (χ2v) is 10.1. The van der Waals surface area contributed by atoms with Gasteiger partial charge in [0.25, 0.3) is 5.91 Å². The first-order valence-corrected chi connectivity index (χ1v) is 11.1. The standard InChI is InChI=1S/C18H15NO4S3/c20-17-16(25-18(24)19(17)13-8-9-26(21,22)11-13)10-14-6-7-15(23-14)12-4-2-1-3-5-12/h1-7,10,13H,8-9,11H2/b16-10+/t13-/m1/s1. The maximum absolute atomic E-state index is 12.7. The van der Waals surface area contributed by atoms with Crippen molar-refractivity contribution in [3.8, 4) is 11.3 Å². The summed E-state index contributed by atoms with van der Waals surface area (Å²) in [5.74, 6) is 1.11. The van der Waals surface area contributed by atoms with Crippen LogP contribution in [0.15, 0.2) is 51.8 Å². The van der Waals surface area contributed by atoms with Crippen LogP contribution in [0.4, 0.5) is 0 Å². The molecule has 1 aromatic heterocycles. The molecular weight excluding hydrogens is 390 g/mol. The average molecular weight is 406 g/mol. The molecule has 26 heavy (non-hydrogen) atoms. The van der Waals surface area contributed by atoms with Crippen LogP contribution in [0, 0.1) is 0 Å². The van der Waals surface area contributed by atoms with E-state index in [1.54, 1.807) is 12.1 Å². The third-order valence-corrected chi connectivity index (χ3v) is 7.44. The van der Waals surface area contributed by atoms with Crippen molar-refractivity contribution >= 4 is 50.1 Å². The minimum Gasteiger partial charge on any atom is -0.457 e. The highest BCUT2D eigenvalue weighted by molar-refractivity contribution is 8.26. The van der Waals surface area contributed by atoms with Crippen LogP contribution in [0.3, 0.4) is 0 Å². The van der Waals surface area contributed by atoms with E-state index in [9.17, 15) is 13.2 Å².